The molecule has 0 amide bonds. The molecule has 0 unspecified atom stereocenters. The Hall–Kier alpha value is -1.18. The summed E-state index contributed by atoms with van der Waals surface area (Å²) in [6.07, 6.45) is -3.65. The monoisotopic (exact) mass is 240 g/mol. The molecule has 1 rings (SSSR count). The van der Waals surface area contributed by atoms with Crippen LogP contribution < -0.4 is 0 Å². The molecule has 1 aromatic heterocycles. The van der Waals surface area contributed by atoms with Crippen LogP contribution in [0, 0.1) is 0 Å². The number of alkyl halides is 3. The second-order valence-corrected chi connectivity index (χ2v) is 4.83. The first kappa shape index (κ1) is 11.9. The predicted octanol–water partition coefficient (Wildman–Crippen LogP) is 1.29. The highest BCUT2D eigenvalue weighted by molar-refractivity contribution is 7.91. The number of hydrogen-bond donors (Lipinski definition) is 0. The van der Waals surface area contributed by atoms with E-state index < -0.39 is 26.7 Å². The fourth-order valence-electron chi connectivity index (χ4n) is 0.752. The molecule has 0 atom stereocenters. The molecule has 0 spiro atoms. The van der Waals surface area contributed by atoms with Crippen LogP contribution in [0.4, 0.5) is 13.2 Å². The van der Waals surface area contributed by atoms with Gasteiger partial charge in [0.1, 0.15) is 0 Å². The summed E-state index contributed by atoms with van der Waals surface area (Å²) in [5.74, 6) is -0.252. The normalized spacial score (nSPS) is 12.8. The van der Waals surface area contributed by atoms with E-state index in [9.17, 15) is 21.6 Å². The number of rotatable bonds is 2. The summed E-state index contributed by atoms with van der Waals surface area (Å²) in [6, 6.07) is 0. The number of sulfone groups is 1. The zero-order valence-electron chi connectivity index (χ0n) is 7.61. The molecule has 0 radical (unpaired) electrons. The van der Waals surface area contributed by atoms with Crippen LogP contribution in [0.1, 0.15) is 12.5 Å². The molecule has 0 aliphatic carbocycles. The first-order valence-electron chi connectivity index (χ1n) is 3.89. The maximum atomic E-state index is 12.1. The smallest absolute Gasteiger partial charge is 0.226 e. The molecule has 1 aromatic rings. The van der Waals surface area contributed by atoms with Gasteiger partial charge in [-0.25, -0.2) is 18.4 Å². The van der Waals surface area contributed by atoms with E-state index in [4.69, 9.17) is 0 Å². The van der Waals surface area contributed by atoms with Crippen molar-refractivity contribution in [3.05, 3.63) is 18.0 Å². The number of halogens is 3. The molecular formula is C7H7F3N2O2S. The van der Waals surface area contributed by atoms with Crippen molar-refractivity contribution in [2.45, 2.75) is 18.3 Å². The molecule has 0 saturated carbocycles. The Kier molecular flexibility index (Phi) is 2.98. The molecule has 4 nitrogen and oxygen atoms in total. The van der Waals surface area contributed by atoms with E-state index in [0.29, 0.717) is 12.4 Å². The third-order valence-corrected chi connectivity index (χ3v) is 3.14. The Morgan fingerprint density at radius 2 is 1.73 bits per heavy atom. The van der Waals surface area contributed by atoms with Crippen LogP contribution in [0.15, 0.2) is 17.6 Å². The topological polar surface area (TPSA) is 59.9 Å². The van der Waals surface area contributed by atoms with Gasteiger partial charge in [0.05, 0.1) is 11.3 Å². The van der Waals surface area contributed by atoms with Gasteiger partial charge in [0.2, 0.25) is 15.0 Å². The van der Waals surface area contributed by atoms with E-state index in [1.807, 2.05) is 0 Å². The maximum Gasteiger partial charge on any atom is 0.419 e. The van der Waals surface area contributed by atoms with Crippen LogP contribution >= 0.6 is 0 Å². The molecule has 8 heteroatoms. The Morgan fingerprint density at radius 1 is 1.27 bits per heavy atom. The standard InChI is InChI=1S/C7H7F3N2O2S/c1-2-15(13,14)6-11-3-5(4-12-6)7(8,9)10/h3-4H,2H2,1H3. The lowest BCUT2D eigenvalue weighted by molar-refractivity contribution is -0.138. The summed E-state index contributed by atoms with van der Waals surface area (Å²) < 4.78 is 58.5. The van der Waals surface area contributed by atoms with Gasteiger partial charge in [-0.2, -0.15) is 13.2 Å². The van der Waals surface area contributed by atoms with Gasteiger partial charge in [-0.05, 0) is 0 Å². The van der Waals surface area contributed by atoms with Crippen molar-refractivity contribution in [3.8, 4) is 0 Å². The van der Waals surface area contributed by atoms with Gasteiger partial charge < -0.3 is 0 Å². The van der Waals surface area contributed by atoms with Crippen LogP contribution in [-0.4, -0.2) is 24.1 Å². The molecular weight excluding hydrogens is 233 g/mol. The third-order valence-electron chi connectivity index (χ3n) is 1.61. The fourth-order valence-corrected chi connectivity index (χ4v) is 1.44. The molecule has 0 fully saturated rings. The van der Waals surface area contributed by atoms with E-state index in [-0.39, 0.29) is 5.75 Å². The molecule has 0 N–H and O–H groups in total. The van der Waals surface area contributed by atoms with E-state index in [1.54, 1.807) is 0 Å². The molecule has 0 saturated heterocycles. The second kappa shape index (κ2) is 3.76. The molecule has 0 aliphatic heterocycles. The van der Waals surface area contributed by atoms with Crippen molar-refractivity contribution in [2.75, 3.05) is 5.75 Å². The molecule has 15 heavy (non-hydrogen) atoms. The van der Waals surface area contributed by atoms with E-state index in [1.165, 1.54) is 6.92 Å². The first-order chi connectivity index (χ1) is 6.77. The van der Waals surface area contributed by atoms with Crippen LogP contribution in [0.2, 0.25) is 0 Å². The van der Waals surface area contributed by atoms with E-state index in [0.717, 1.165) is 0 Å². The highest BCUT2D eigenvalue weighted by Crippen LogP contribution is 2.27. The first-order valence-corrected chi connectivity index (χ1v) is 5.54. The van der Waals surface area contributed by atoms with Gasteiger partial charge in [-0.3, -0.25) is 0 Å². The van der Waals surface area contributed by atoms with Gasteiger partial charge in [0, 0.05) is 12.4 Å². The highest BCUT2D eigenvalue weighted by atomic mass is 32.2. The minimum Gasteiger partial charge on any atom is -0.226 e. The van der Waals surface area contributed by atoms with Crippen molar-refractivity contribution in [1.29, 1.82) is 0 Å². The number of nitrogens with zero attached hydrogens (tertiary/aromatic N) is 2. The summed E-state index contributed by atoms with van der Waals surface area (Å²) >= 11 is 0. The van der Waals surface area contributed by atoms with E-state index >= 15 is 0 Å². The fraction of sp³-hybridized carbons (Fsp3) is 0.429. The Labute approximate surface area is 84.1 Å². The number of hydrogen-bond acceptors (Lipinski definition) is 4. The van der Waals surface area contributed by atoms with Gasteiger partial charge in [-0.15, -0.1) is 0 Å². The molecule has 0 aliphatic rings. The van der Waals surface area contributed by atoms with Crippen molar-refractivity contribution < 1.29 is 21.6 Å². The van der Waals surface area contributed by atoms with Crippen LogP contribution in [0.5, 0.6) is 0 Å². The van der Waals surface area contributed by atoms with Crippen molar-refractivity contribution >= 4 is 9.84 Å². The van der Waals surface area contributed by atoms with Crippen LogP contribution in [0.3, 0.4) is 0 Å². The van der Waals surface area contributed by atoms with Crippen molar-refractivity contribution in [2.24, 2.45) is 0 Å². The lowest BCUT2D eigenvalue weighted by atomic mass is 10.3. The van der Waals surface area contributed by atoms with Gasteiger partial charge in [0.25, 0.3) is 0 Å². The Balaban J connectivity index is 3.12. The predicted molar refractivity (Wildman–Crippen MR) is 44.8 cm³/mol. The van der Waals surface area contributed by atoms with Crippen LogP contribution in [-0.2, 0) is 16.0 Å². The highest BCUT2D eigenvalue weighted by Gasteiger charge is 2.32. The molecule has 0 bridgehead atoms. The van der Waals surface area contributed by atoms with Crippen molar-refractivity contribution in [3.63, 3.8) is 0 Å². The van der Waals surface area contributed by atoms with Gasteiger partial charge >= 0.3 is 6.18 Å². The Bertz CT molecular complexity index is 438. The minimum absolute atomic E-state index is 0.252. The average molecular weight is 240 g/mol. The van der Waals surface area contributed by atoms with Crippen LogP contribution in [0.25, 0.3) is 0 Å². The number of aromatic nitrogens is 2. The third kappa shape index (κ3) is 2.65. The summed E-state index contributed by atoms with van der Waals surface area (Å²) in [4.78, 5) is 6.34. The molecule has 84 valence electrons. The molecule has 0 aromatic carbocycles. The summed E-state index contributed by atoms with van der Waals surface area (Å²) in [5.41, 5.74) is -1.07. The maximum absolute atomic E-state index is 12.1. The zero-order chi connectivity index (χ0) is 11.7. The zero-order valence-corrected chi connectivity index (χ0v) is 8.43. The quantitative estimate of drug-likeness (QED) is 0.731. The minimum atomic E-state index is -4.56. The lowest BCUT2D eigenvalue weighted by Gasteiger charge is -2.05. The summed E-state index contributed by atoms with van der Waals surface area (Å²) in [6.45, 7) is 1.36. The molecule has 1 heterocycles. The summed E-state index contributed by atoms with van der Waals surface area (Å²) in [5, 5.41) is -0.585. The van der Waals surface area contributed by atoms with Gasteiger partial charge in [0.15, 0.2) is 0 Å². The lowest BCUT2D eigenvalue weighted by Crippen LogP contribution is -2.12. The van der Waals surface area contributed by atoms with E-state index in [2.05, 4.69) is 9.97 Å². The average Bonchev–Trinajstić information content (AvgIpc) is 2.17. The van der Waals surface area contributed by atoms with Crippen molar-refractivity contribution in [1.82, 2.24) is 9.97 Å². The Morgan fingerprint density at radius 3 is 2.07 bits per heavy atom. The SMILES string of the molecule is CCS(=O)(=O)c1ncc(C(F)(F)F)cn1. The second-order valence-electron chi connectivity index (χ2n) is 2.66. The largest absolute Gasteiger partial charge is 0.419 e. The summed E-state index contributed by atoms with van der Waals surface area (Å²) in [7, 11) is -3.65. The van der Waals surface area contributed by atoms with Gasteiger partial charge in [-0.1, -0.05) is 6.92 Å².